The van der Waals surface area contributed by atoms with Crippen LogP contribution in [0.5, 0.6) is 0 Å². The molecule has 106 valence electrons. The van der Waals surface area contributed by atoms with Crippen molar-refractivity contribution in [2.75, 3.05) is 13.1 Å². The molecule has 0 radical (unpaired) electrons. The normalized spacial score (nSPS) is 32.6. The van der Waals surface area contributed by atoms with E-state index in [4.69, 9.17) is 0 Å². The van der Waals surface area contributed by atoms with Crippen LogP contribution in [0.4, 0.5) is 0 Å². The van der Waals surface area contributed by atoms with Crippen molar-refractivity contribution in [2.24, 2.45) is 5.92 Å². The minimum Gasteiger partial charge on any atom is -0.393 e. The van der Waals surface area contributed by atoms with Gasteiger partial charge in [0.25, 0.3) is 0 Å². The van der Waals surface area contributed by atoms with E-state index in [1.165, 1.54) is 6.42 Å². The second-order valence-corrected chi connectivity index (χ2v) is 7.90. The molecule has 0 aromatic rings. The molecule has 2 rings (SSSR count). The molecule has 0 aromatic carbocycles. The molecule has 4 nitrogen and oxygen atoms in total. The van der Waals surface area contributed by atoms with Crippen molar-refractivity contribution in [3.05, 3.63) is 0 Å². The van der Waals surface area contributed by atoms with Crippen LogP contribution in [0.15, 0.2) is 0 Å². The molecule has 1 saturated heterocycles. The molecule has 0 bridgehead atoms. The first-order valence-electron chi connectivity index (χ1n) is 7.22. The fourth-order valence-corrected chi connectivity index (χ4v) is 5.30. The van der Waals surface area contributed by atoms with Crippen molar-refractivity contribution in [3.63, 3.8) is 0 Å². The van der Waals surface area contributed by atoms with Crippen LogP contribution >= 0.6 is 0 Å². The maximum Gasteiger partial charge on any atom is 0.216 e. The van der Waals surface area contributed by atoms with Crippen LogP contribution in [0.3, 0.4) is 0 Å². The van der Waals surface area contributed by atoms with Crippen LogP contribution in [0.25, 0.3) is 0 Å². The molecule has 1 aliphatic carbocycles. The van der Waals surface area contributed by atoms with Gasteiger partial charge in [0, 0.05) is 13.1 Å². The zero-order valence-electron chi connectivity index (χ0n) is 11.2. The summed E-state index contributed by atoms with van der Waals surface area (Å²) in [7, 11) is -3.13. The van der Waals surface area contributed by atoms with E-state index in [0.717, 1.165) is 32.1 Å². The molecule has 1 N–H and O–H groups in total. The summed E-state index contributed by atoms with van der Waals surface area (Å²) in [6, 6.07) is 0. The van der Waals surface area contributed by atoms with Gasteiger partial charge >= 0.3 is 0 Å². The quantitative estimate of drug-likeness (QED) is 0.853. The maximum absolute atomic E-state index is 12.6. The third kappa shape index (κ3) is 2.89. The Labute approximate surface area is 110 Å². The lowest BCUT2D eigenvalue weighted by atomic mass is 9.94. The predicted molar refractivity (Wildman–Crippen MR) is 71.8 cm³/mol. The van der Waals surface area contributed by atoms with Gasteiger partial charge in [-0.05, 0) is 31.6 Å². The SMILES string of the molecule is CCC1CN(S(=O)(=O)C2CCCCC2)CCC1O. The van der Waals surface area contributed by atoms with Crippen LogP contribution in [-0.4, -0.2) is 42.3 Å². The van der Waals surface area contributed by atoms with E-state index in [1.54, 1.807) is 4.31 Å². The van der Waals surface area contributed by atoms with Gasteiger partial charge in [-0.15, -0.1) is 0 Å². The number of aliphatic hydroxyl groups is 1. The Hall–Kier alpha value is -0.130. The molecule has 5 heteroatoms. The van der Waals surface area contributed by atoms with Gasteiger partial charge in [0.15, 0.2) is 0 Å². The highest BCUT2D eigenvalue weighted by atomic mass is 32.2. The molecule has 1 saturated carbocycles. The maximum atomic E-state index is 12.6. The Kier molecular flexibility index (Phi) is 4.67. The van der Waals surface area contributed by atoms with E-state index in [1.807, 2.05) is 6.92 Å². The fraction of sp³-hybridized carbons (Fsp3) is 1.00. The lowest BCUT2D eigenvalue weighted by Gasteiger charge is -2.37. The van der Waals surface area contributed by atoms with Gasteiger partial charge in [-0.2, -0.15) is 0 Å². The third-order valence-electron chi connectivity index (χ3n) is 4.51. The van der Waals surface area contributed by atoms with Crippen molar-refractivity contribution in [1.29, 1.82) is 0 Å². The van der Waals surface area contributed by atoms with Gasteiger partial charge in [-0.25, -0.2) is 12.7 Å². The summed E-state index contributed by atoms with van der Waals surface area (Å²) in [6.45, 7) is 3.03. The molecule has 0 aromatic heterocycles. The van der Waals surface area contributed by atoms with Gasteiger partial charge < -0.3 is 5.11 Å². The van der Waals surface area contributed by atoms with Gasteiger partial charge in [-0.3, -0.25) is 0 Å². The second-order valence-electron chi connectivity index (χ2n) is 5.69. The van der Waals surface area contributed by atoms with Crippen LogP contribution < -0.4 is 0 Å². The number of rotatable bonds is 3. The van der Waals surface area contributed by atoms with Gasteiger partial charge in [-0.1, -0.05) is 26.2 Å². The van der Waals surface area contributed by atoms with Crippen molar-refractivity contribution in [1.82, 2.24) is 4.31 Å². The Bertz CT molecular complexity index is 362. The molecule has 0 amide bonds. The predicted octanol–water partition coefficient (Wildman–Crippen LogP) is 1.74. The summed E-state index contributed by atoms with van der Waals surface area (Å²) in [5, 5.41) is 9.67. The van der Waals surface area contributed by atoms with Crippen LogP contribution in [0.1, 0.15) is 51.9 Å². The lowest BCUT2D eigenvalue weighted by molar-refractivity contribution is 0.0516. The Morgan fingerprint density at radius 2 is 1.83 bits per heavy atom. The van der Waals surface area contributed by atoms with Gasteiger partial charge in [0.2, 0.25) is 10.0 Å². The molecule has 2 atom stereocenters. The Balaban J connectivity index is 2.05. The number of nitrogens with zero attached hydrogens (tertiary/aromatic N) is 1. The summed E-state index contributed by atoms with van der Waals surface area (Å²) >= 11 is 0. The van der Waals surface area contributed by atoms with E-state index in [9.17, 15) is 13.5 Å². The van der Waals surface area contributed by atoms with E-state index in [2.05, 4.69) is 0 Å². The summed E-state index contributed by atoms with van der Waals surface area (Å²) in [5.74, 6) is 0.108. The Morgan fingerprint density at radius 1 is 1.17 bits per heavy atom. The summed E-state index contributed by atoms with van der Waals surface area (Å²) in [5.41, 5.74) is 0. The van der Waals surface area contributed by atoms with Crippen LogP contribution in [0, 0.1) is 5.92 Å². The monoisotopic (exact) mass is 275 g/mol. The highest BCUT2D eigenvalue weighted by Crippen LogP contribution is 2.29. The molecule has 1 heterocycles. The second kappa shape index (κ2) is 5.88. The fourth-order valence-electron chi connectivity index (χ4n) is 3.19. The highest BCUT2D eigenvalue weighted by Gasteiger charge is 2.37. The molecule has 18 heavy (non-hydrogen) atoms. The first kappa shape index (κ1) is 14.3. The topological polar surface area (TPSA) is 57.6 Å². The number of aliphatic hydroxyl groups excluding tert-OH is 1. The largest absolute Gasteiger partial charge is 0.393 e. The lowest BCUT2D eigenvalue weighted by Crippen LogP contribution is -2.49. The van der Waals surface area contributed by atoms with Crippen molar-refractivity contribution in [3.8, 4) is 0 Å². The molecule has 1 aliphatic heterocycles. The summed E-state index contributed by atoms with van der Waals surface area (Å²) in [4.78, 5) is 0. The zero-order valence-corrected chi connectivity index (χ0v) is 12.0. The zero-order chi connectivity index (χ0) is 13.2. The molecular weight excluding hydrogens is 250 g/mol. The minimum atomic E-state index is -3.13. The average Bonchev–Trinajstić information content (AvgIpc) is 2.40. The number of piperidine rings is 1. The minimum absolute atomic E-state index is 0.108. The summed E-state index contributed by atoms with van der Waals surface area (Å²) in [6.07, 6.45) is 5.99. The van der Waals surface area contributed by atoms with E-state index in [0.29, 0.717) is 19.5 Å². The first-order chi connectivity index (χ1) is 8.55. The number of sulfonamides is 1. The smallest absolute Gasteiger partial charge is 0.216 e. The van der Waals surface area contributed by atoms with Gasteiger partial charge in [0.1, 0.15) is 0 Å². The van der Waals surface area contributed by atoms with Crippen molar-refractivity contribution >= 4 is 10.0 Å². The van der Waals surface area contributed by atoms with E-state index < -0.39 is 10.0 Å². The molecular formula is C13H25NO3S. The molecule has 2 aliphatic rings. The third-order valence-corrected chi connectivity index (χ3v) is 6.88. The molecule has 0 spiro atoms. The van der Waals surface area contributed by atoms with Crippen molar-refractivity contribution in [2.45, 2.75) is 63.2 Å². The van der Waals surface area contributed by atoms with Gasteiger partial charge in [0.05, 0.1) is 11.4 Å². The summed E-state index contributed by atoms with van der Waals surface area (Å²) < 4.78 is 26.7. The van der Waals surface area contributed by atoms with Crippen molar-refractivity contribution < 1.29 is 13.5 Å². The molecule has 2 fully saturated rings. The van der Waals surface area contributed by atoms with Crippen LogP contribution in [0.2, 0.25) is 0 Å². The number of hydrogen-bond acceptors (Lipinski definition) is 3. The standard InChI is InChI=1S/C13H25NO3S/c1-2-11-10-14(9-8-13(11)15)18(16,17)12-6-4-3-5-7-12/h11-13,15H,2-10H2,1H3. The number of hydrogen-bond donors (Lipinski definition) is 1. The average molecular weight is 275 g/mol. The Morgan fingerprint density at radius 3 is 2.44 bits per heavy atom. The van der Waals surface area contributed by atoms with E-state index >= 15 is 0 Å². The van der Waals surface area contributed by atoms with Crippen LogP contribution in [-0.2, 0) is 10.0 Å². The first-order valence-corrected chi connectivity index (χ1v) is 8.73. The molecule has 2 unspecified atom stereocenters. The highest BCUT2D eigenvalue weighted by molar-refractivity contribution is 7.89. The van der Waals surface area contributed by atoms with E-state index in [-0.39, 0.29) is 17.3 Å².